The van der Waals surface area contributed by atoms with E-state index in [4.69, 9.17) is 25.8 Å². The SMILES string of the molecule is COC(=O)C1(c2cccc(Cl)c2)CC(OC)(OC)C1. The van der Waals surface area contributed by atoms with E-state index in [0.717, 1.165) is 5.56 Å². The highest BCUT2D eigenvalue weighted by Gasteiger charge is 2.62. The Kier molecular flexibility index (Phi) is 3.85. The highest BCUT2D eigenvalue weighted by atomic mass is 35.5. The molecule has 104 valence electrons. The van der Waals surface area contributed by atoms with Gasteiger partial charge in [-0.3, -0.25) is 4.79 Å². The zero-order chi connectivity index (χ0) is 14.1. The highest BCUT2D eigenvalue weighted by molar-refractivity contribution is 6.30. The van der Waals surface area contributed by atoms with Gasteiger partial charge in [-0.1, -0.05) is 23.7 Å². The van der Waals surface area contributed by atoms with Crippen LogP contribution in [0.2, 0.25) is 5.02 Å². The molecule has 0 heterocycles. The molecule has 0 aliphatic heterocycles. The monoisotopic (exact) mass is 284 g/mol. The molecule has 1 fully saturated rings. The molecule has 0 N–H and O–H groups in total. The van der Waals surface area contributed by atoms with Crippen LogP contribution in [0.25, 0.3) is 0 Å². The topological polar surface area (TPSA) is 44.8 Å². The van der Waals surface area contributed by atoms with Crippen molar-refractivity contribution in [2.45, 2.75) is 24.0 Å². The summed E-state index contributed by atoms with van der Waals surface area (Å²) in [6.45, 7) is 0. The molecule has 4 nitrogen and oxygen atoms in total. The van der Waals surface area contributed by atoms with Crippen molar-refractivity contribution >= 4 is 17.6 Å². The molecular formula is C14H17ClO4. The Morgan fingerprint density at radius 2 is 1.84 bits per heavy atom. The maximum atomic E-state index is 12.2. The fourth-order valence-corrected chi connectivity index (χ4v) is 2.88. The van der Waals surface area contributed by atoms with Gasteiger partial charge in [-0.05, 0) is 17.7 Å². The van der Waals surface area contributed by atoms with E-state index in [1.165, 1.54) is 7.11 Å². The van der Waals surface area contributed by atoms with Gasteiger partial charge in [0.25, 0.3) is 0 Å². The molecule has 1 aromatic carbocycles. The molecule has 0 radical (unpaired) electrons. The molecule has 1 aromatic rings. The summed E-state index contributed by atoms with van der Waals surface area (Å²) in [6.07, 6.45) is 0.833. The van der Waals surface area contributed by atoms with E-state index in [-0.39, 0.29) is 5.97 Å². The van der Waals surface area contributed by atoms with Gasteiger partial charge in [0.05, 0.1) is 7.11 Å². The van der Waals surface area contributed by atoms with E-state index in [9.17, 15) is 4.79 Å². The fraction of sp³-hybridized carbons (Fsp3) is 0.500. The number of halogens is 1. The summed E-state index contributed by atoms with van der Waals surface area (Å²) in [4.78, 5) is 12.2. The number of carbonyl (C=O) groups excluding carboxylic acids is 1. The molecule has 5 heteroatoms. The van der Waals surface area contributed by atoms with Crippen LogP contribution in [0, 0.1) is 0 Å². The minimum absolute atomic E-state index is 0.292. The number of esters is 1. The number of hydrogen-bond donors (Lipinski definition) is 0. The van der Waals surface area contributed by atoms with Gasteiger partial charge >= 0.3 is 5.97 Å². The van der Waals surface area contributed by atoms with E-state index in [1.807, 2.05) is 12.1 Å². The number of hydrogen-bond acceptors (Lipinski definition) is 4. The molecular weight excluding hydrogens is 268 g/mol. The van der Waals surface area contributed by atoms with Gasteiger partial charge in [-0.15, -0.1) is 0 Å². The molecule has 0 aromatic heterocycles. The molecule has 2 rings (SSSR count). The first-order valence-electron chi connectivity index (χ1n) is 5.97. The first-order chi connectivity index (χ1) is 9.02. The number of carbonyl (C=O) groups is 1. The van der Waals surface area contributed by atoms with E-state index in [0.29, 0.717) is 17.9 Å². The van der Waals surface area contributed by atoms with Gasteiger partial charge in [0, 0.05) is 32.1 Å². The second kappa shape index (κ2) is 5.12. The van der Waals surface area contributed by atoms with Gasteiger partial charge in [-0.25, -0.2) is 0 Å². The van der Waals surface area contributed by atoms with Crippen LogP contribution in [0.15, 0.2) is 24.3 Å². The average Bonchev–Trinajstić information content (AvgIpc) is 2.39. The van der Waals surface area contributed by atoms with Gasteiger partial charge in [0.15, 0.2) is 5.79 Å². The molecule has 1 aliphatic carbocycles. The van der Waals surface area contributed by atoms with Crippen molar-refractivity contribution in [3.05, 3.63) is 34.9 Å². The molecule has 0 amide bonds. The number of ether oxygens (including phenoxy) is 3. The fourth-order valence-electron chi connectivity index (χ4n) is 2.69. The zero-order valence-corrected chi connectivity index (χ0v) is 12.0. The van der Waals surface area contributed by atoms with Gasteiger partial charge in [-0.2, -0.15) is 0 Å². The first-order valence-corrected chi connectivity index (χ1v) is 6.34. The van der Waals surface area contributed by atoms with Crippen LogP contribution >= 0.6 is 11.6 Å². The van der Waals surface area contributed by atoms with Crippen LogP contribution in [-0.2, 0) is 24.4 Å². The van der Waals surface area contributed by atoms with E-state index in [1.54, 1.807) is 26.4 Å². The summed E-state index contributed by atoms with van der Waals surface area (Å²) in [5, 5.41) is 0.591. The lowest BCUT2D eigenvalue weighted by atomic mass is 9.60. The van der Waals surface area contributed by atoms with Crippen LogP contribution in [0.4, 0.5) is 0 Å². The molecule has 0 bridgehead atoms. The Balaban J connectivity index is 2.37. The predicted octanol–water partition coefficient (Wildman–Crippen LogP) is 2.53. The summed E-state index contributed by atoms with van der Waals surface area (Å²) in [5.41, 5.74) is 0.0858. The molecule has 0 saturated heterocycles. The Labute approximate surface area is 117 Å². The summed E-state index contributed by atoms with van der Waals surface area (Å²) in [6, 6.07) is 7.25. The Bertz CT molecular complexity index is 474. The predicted molar refractivity (Wildman–Crippen MR) is 71.1 cm³/mol. The highest BCUT2D eigenvalue weighted by Crippen LogP contribution is 2.53. The van der Waals surface area contributed by atoms with Crippen molar-refractivity contribution in [1.29, 1.82) is 0 Å². The second-order valence-electron chi connectivity index (χ2n) is 4.76. The lowest BCUT2D eigenvalue weighted by Crippen LogP contribution is -2.60. The van der Waals surface area contributed by atoms with Crippen molar-refractivity contribution in [2.75, 3.05) is 21.3 Å². The third-order valence-corrected chi connectivity index (χ3v) is 4.07. The number of methoxy groups -OCH3 is 3. The van der Waals surface area contributed by atoms with Gasteiger partial charge in [0.1, 0.15) is 5.41 Å². The van der Waals surface area contributed by atoms with Crippen molar-refractivity contribution in [2.24, 2.45) is 0 Å². The number of benzene rings is 1. The van der Waals surface area contributed by atoms with Crippen molar-refractivity contribution in [3.63, 3.8) is 0 Å². The van der Waals surface area contributed by atoms with E-state index >= 15 is 0 Å². The Morgan fingerprint density at radius 3 is 2.32 bits per heavy atom. The van der Waals surface area contributed by atoms with Crippen molar-refractivity contribution < 1.29 is 19.0 Å². The van der Waals surface area contributed by atoms with Crippen LogP contribution in [-0.4, -0.2) is 33.1 Å². The largest absolute Gasteiger partial charge is 0.468 e. The van der Waals surface area contributed by atoms with E-state index < -0.39 is 11.2 Å². The molecule has 0 unspecified atom stereocenters. The third kappa shape index (κ3) is 2.24. The summed E-state index contributed by atoms with van der Waals surface area (Å²) >= 11 is 6.00. The lowest BCUT2D eigenvalue weighted by Gasteiger charge is -2.52. The first kappa shape index (κ1) is 14.3. The molecule has 0 spiro atoms. The minimum atomic E-state index is -0.744. The molecule has 0 atom stereocenters. The molecule has 1 saturated carbocycles. The second-order valence-corrected chi connectivity index (χ2v) is 5.19. The average molecular weight is 285 g/mol. The van der Waals surface area contributed by atoms with Crippen LogP contribution in [0.1, 0.15) is 18.4 Å². The standard InChI is InChI=1S/C14H17ClO4/c1-17-12(16)13(8-14(9-13,18-2)19-3)10-5-4-6-11(15)7-10/h4-7H,8-9H2,1-3H3. The molecule has 19 heavy (non-hydrogen) atoms. The maximum absolute atomic E-state index is 12.2. The summed E-state index contributed by atoms with van der Waals surface area (Å²) in [5.74, 6) is -1.02. The Hall–Kier alpha value is -1.10. The van der Waals surface area contributed by atoms with Gasteiger partial charge < -0.3 is 14.2 Å². The minimum Gasteiger partial charge on any atom is -0.468 e. The summed E-state index contributed by atoms with van der Waals surface area (Å²) < 4.78 is 15.7. The third-order valence-electron chi connectivity index (χ3n) is 3.84. The summed E-state index contributed by atoms with van der Waals surface area (Å²) in [7, 11) is 4.53. The quantitative estimate of drug-likeness (QED) is 0.630. The smallest absolute Gasteiger partial charge is 0.316 e. The number of rotatable bonds is 4. The normalized spacial score (nSPS) is 19.6. The van der Waals surface area contributed by atoms with Crippen LogP contribution in [0.5, 0.6) is 0 Å². The van der Waals surface area contributed by atoms with E-state index in [2.05, 4.69) is 0 Å². The van der Waals surface area contributed by atoms with Crippen molar-refractivity contribution in [1.82, 2.24) is 0 Å². The maximum Gasteiger partial charge on any atom is 0.316 e. The van der Waals surface area contributed by atoms with Gasteiger partial charge in [0.2, 0.25) is 0 Å². The van der Waals surface area contributed by atoms with Crippen molar-refractivity contribution in [3.8, 4) is 0 Å². The molecule has 1 aliphatic rings. The van der Waals surface area contributed by atoms with Crippen LogP contribution in [0.3, 0.4) is 0 Å². The zero-order valence-electron chi connectivity index (χ0n) is 11.2. The lowest BCUT2D eigenvalue weighted by molar-refractivity contribution is -0.278. The van der Waals surface area contributed by atoms with Crippen LogP contribution < -0.4 is 0 Å². The Morgan fingerprint density at radius 1 is 1.21 bits per heavy atom.